The minimum Gasteiger partial charge on any atom is -0.324 e. The van der Waals surface area contributed by atoms with Crippen LogP contribution in [0.4, 0.5) is 11.8 Å². The van der Waals surface area contributed by atoms with Gasteiger partial charge in [-0.25, -0.2) is 19.6 Å². The standard InChI is InChI=1S/C24H31N9/c1-16(2)12-22-29-23(32(3)31-22)18-4-5-19-20(14-18)28-24(27-19)30-21-13-17(6-7-26-21)15-33-10-8-25-9-11-33/h4-7,13-14,16,25H,8-12,15H2,1-3H3,(H2,26,27,28,30). The molecule has 9 heteroatoms. The van der Waals surface area contributed by atoms with Gasteiger partial charge < -0.3 is 15.6 Å². The van der Waals surface area contributed by atoms with Crippen molar-refractivity contribution in [2.75, 3.05) is 31.5 Å². The fourth-order valence-electron chi connectivity index (χ4n) is 4.24. The second-order valence-corrected chi connectivity index (χ2v) is 9.09. The van der Waals surface area contributed by atoms with E-state index >= 15 is 0 Å². The smallest absolute Gasteiger partial charge is 0.206 e. The molecule has 1 saturated heterocycles. The summed E-state index contributed by atoms with van der Waals surface area (Å²) in [6.45, 7) is 9.52. The molecule has 0 amide bonds. The lowest BCUT2D eigenvalue weighted by atomic mass is 10.1. The number of hydrogen-bond acceptors (Lipinski definition) is 7. The van der Waals surface area contributed by atoms with E-state index in [1.807, 2.05) is 30.1 Å². The number of nitrogens with zero attached hydrogens (tertiary/aromatic N) is 6. The van der Waals surface area contributed by atoms with E-state index in [4.69, 9.17) is 4.98 Å². The Morgan fingerprint density at radius 3 is 2.76 bits per heavy atom. The van der Waals surface area contributed by atoms with Gasteiger partial charge in [-0.2, -0.15) is 5.10 Å². The van der Waals surface area contributed by atoms with Crippen molar-refractivity contribution in [3.8, 4) is 11.4 Å². The minimum atomic E-state index is 0.521. The number of benzene rings is 1. The highest BCUT2D eigenvalue weighted by Gasteiger charge is 2.14. The van der Waals surface area contributed by atoms with Crippen molar-refractivity contribution in [2.45, 2.75) is 26.8 Å². The number of aryl methyl sites for hydroxylation is 1. The van der Waals surface area contributed by atoms with Crippen LogP contribution in [0.25, 0.3) is 22.4 Å². The molecule has 0 bridgehead atoms. The third kappa shape index (κ3) is 5.04. The zero-order valence-electron chi connectivity index (χ0n) is 19.5. The summed E-state index contributed by atoms with van der Waals surface area (Å²) in [4.78, 5) is 19.7. The van der Waals surface area contributed by atoms with Crippen molar-refractivity contribution in [3.63, 3.8) is 0 Å². The average molecular weight is 446 g/mol. The maximum atomic E-state index is 4.74. The lowest BCUT2D eigenvalue weighted by molar-refractivity contribution is 0.233. The second-order valence-electron chi connectivity index (χ2n) is 9.09. The van der Waals surface area contributed by atoms with Crippen molar-refractivity contribution in [2.24, 2.45) is 13.0 Å². The summed E-state index contributed by atoms with van der Waals surface area (Å²) in [5, 5.41) is 11.3. The van der Waals surface area contributed by atoms with Crippen molar-refractivity contribution in [1.29, 1.82) is 0 Å². The fourth-order valence-corrected chi connectivity index (χ4v) is 4.24. The molecule has 4 aromatic rings. The van der Waals surface area contributed by atoms with Gasteiger partial charge in [0.1, 0.15) is 5.82 Å². The number of aromatic amines is 1. The first-order valence-corrected chi connectivity index (χ1v) is 11.6. The Morgan fingerprint density at radius 1 is 1.09 bits per heavy atom. The minimum absolute atomic E-state index is 0.521. The highest BCUT2D eigenvalue weighted by atomic mass is 15.3. The average Bonchev–Trinajstić information content (AvgIpc) is 3.35. The number of hydrogen-bond donors (Lipinski definition) is 3. The molecule has 0 atom stereocenters. The predicted octanol–water partition coefficient (Wildman–Crippen LogP) is 3.10. The van der Waals surface area contributed by atoms with E-state index in [1.165, 1.54) is 5.56 Å². The molecular weight excluding hydrogens is 414 g/mol. The number of piperazine rings is 1. The van der Waals surface area contributed by atoms with Crippen LogP contribution in [0.1, 0.15) is 25.2 Å². The maximum absolute atomic E-state index is 4.74. The summed E-state index contributed by atoms with van der Waals surface area (Å²) < 4.78 is 1.85. The van der Waals surface area contributed by atoms with E-state index in [2.05, 4.69) is 67.6 Å². The SMILES string of the molecule is CC(C)Cc1nc(-c2ccc3nc(Nc4cc(CN5CCNCC5)ccn4)[nH]c3c2)n(C)n1. The first kappa shape index (κ1) is 21.5. The van der Waals surface area contributed by atoms with Gasteiger partial charge in [0.05, 0.1) is 11.0 Å². The van der Waals surface area contributed by atoms with Gasteiger partial charge in [-0.3, -0.25) is 4.90 Å². The Morgan fingerprint density at radius 2 is 1.94 bits per heavy atom. The molecule has 5 rings (SSSR count). The molecule has 9 nitrogen and oxygen atoms in total. The number of rotatable bonds is 7. The van der Waals surface area contributed by atoms with Gasteiger partial charge in [0.25, 0.3) is 0 Å². The summed E-state index contributed by atoms with van der Waals surface area (Å²) in [5.41, 5.74) is 4.09. The van der Waals surface area contributed by atoms with Crippen molar-refractivity contribution in [3.05, 3.63) is 47.9 Å². The number of imidazole rings is 1. The van der Waals surface area contributed by atoms with Crippen LogP contribution < -0.4 is 10.6 Å². The fraction of sp³-hybridized carbons (Fsp3) is 0.417. The molecule has 1 fully saturated rings. The van der Waals surface area contributed by atoms with E-state index in [0.717, 1.165) is 73.2 Å². The van der Waals surface area contributed by atoms with Crippen LogP contribution in [0.15, 0.2) is 36.5 Å². The van der Waals surface area contributed by atoms with Crippen LogP contribution in [0.2, 0.25) is 0 Å². The Labute approximate surface area is 193 Å². The molecule has 3 N–H and O–H groups in total. The van der Waals surface area contributed by atoms with Crippen molar-refractivity contribution < 1.29 is 0 Å². The number of nitrogens with one attached hydrogen (secondary N) is 3. The monoisotopic (exact) mass is 445 g/mol. The largest absolute Gasteiger partial charge is 0.324 e. The van der Waals surface area contributed by atoms with E-state index in [9.17, 15) is 0 Å². The van der Waals surface area contributed by atoms with Gasteiger partial charge in [-0.15, -0.1) is 0 Å². The van der Waals surface area contributed by atoms with Crippen LogP contribution in [0.3, 0.4) is 0 Å². The lowest BCUT2D eigenvalue weighted by Gasteiger charge is -2.27. The number of anilines is 2. The summed E-state index contributed by atoms with van der Waals surface area (Å²) in [6, 6.07) is 10.3. The molecule has 3 aromatic heterocycles. The van der Waals surface area contributed by atoms with E-state index in [1.54, 1.807) is 0 Å². The van der Waals surface area contributed by atoms with Crippen LogP contribution in [-0.2, 0) is 20.0 Å². The molecule has 0 radical (unpaired) electrons. The van der Waals surface area contributed by atoms with Gasteiger partial charge in [0.15, 0.2) is 11.6 Å². The molecule has 1 aromatic carbocycles. The van der Waals surface area contributed by atoms with E-state index in [-0.39, 0.29) is 0 Å². The Kier molecular flexibility index (Phi) is 6.06. The molecule has 4 heterocycles. The third-order valence-corrected chi connectivity index (χ3v) is 5.82. The molecule has 1 aliphatic rings. The first-order chi connectivity index (χ1) is 16.0. The predicted molar refractivity (Wildman–Crippen MR) is 130 cm³/mol. The van der Waals surface area contributed by atoms with E-state index in [0.29, 0.717) is 11.9 Å². The molecular formula is C24H31N9. The van der Waals surface area contributed by atoms with Gasteiger partial charge in [-0.05, 0) is 41.8 Å². The quantitative estimate of drug-likeness (QED) is 0.402. The second kappa shape index (κ2) is 9.29. The summed E-state index contributed by atoms with van der Waals surface area (Å²) in [7, 11) is 1.94. The van der Waals surface area contributed by atoms with Crippen LogP contribution in [0.5, 0.6) is 0 Å². The maximum Gasteiger partial charge on any atom is 0.206 e. The lowest BCUT2D eigenvalue weighted by Crippen LogP contribution is -2.42. The molecule has 0 aliphatic carbocycles. The molecule has 0 spiro atoms. The summed E-state index contributed by atoms with van der Waals surface area (Å²) in [6.07, 6.45) is 2.72. The summed E-state index contributed by atoms with van der Waals surface area (Å²) in [5.74, 6) is 3.72. The van der Waals surface area contributed by atoms with Gasteiger partial charge in [-0.1, -0.05) is 13.8 Å². The molecule has 1 aliphatic heterocycles. The molecule has 0 unspecified atom stereocenters. The van der Waals surface area contributed by atoms with Crippen LogP contribution in [-0.4, -0.2) is 60.8 Å². The number of pyridine rings is 1. The highest BCUT2D eigenvalue weighted by Crippen LogP contribution is 2.24. The van der Waals surface area contributed by atoms with E-state index < -0.39 is 0 Å². The van der Waals surface area contributed by atoms with Gasteiger partial charge >= 0.3 is 0 Å². The third-order valence-electron chi connectivity index (χ3n) is 5.82. The zero-order valence-corrected chi connectivity index (χ0v) is 19.5. The topological polar surface area (TPSA) is 99.6 Å². The number of aromatic nitrogens is 6. The Bertz CT molecular complexity index is 1230. The van der Waals surface area contributed by atoms with Crippen molar-refractivity contribution >= 4 is 22.8 Å². The van der Waals surface area contributed by atoms with Gasteiger partial charge in [0.2, 0.25) is 5.95 Å². The Hall–Kier alpha value is -3.30. The van der Waals surface area contributed by atoms with Gasteiger partial charge in [0, 0.05) is 58.0 Å². The number of H-pyrrole nitrogens is 1. The molecule has 0 saturated carbocycles. The first-order valence-electron chi connectivity index (χ1n) is 11.6. The van der Waals surface area contributed by atoms with Crippen molar-refractivity contribution in [1.82, 2.24) is 39.9 Å². The van der Waals surface area contributed by atoms with Crippen LogP contribution in [0, 0.1) is 5.92 Å². The number of fused-ring (bicyclic) bond motifs is 1. The zero-order chi connectivity index (χ0) is 22.8. The molecule has 172 valence electrons. The highest BCUT2D eigenvalue weighted by molar-refractivity contribution is 5.82. The Balaban J connectivity index is 1.33. The molecule has 33 heavy (non-hydrogen) atoms. The normalized spacial score (nSPS) is 14.9. The summed E-state index contributed by atoms with van der Waals surface area (Å²) >= 11 is 0. The van der Waals surface area contributed by atoms with Crippen LogP contribution >= 0.6 is 0 Å².